The topological polar surface area (TPSA) is 30.5 Å². The third-order valence-corrected chi connectivity index (χ3v) is 3.61. The van der Waals surface area contributed by atoms with Gasteiger partial charge in [0.2, 0.25) is 0 Å². The van der Waals surface area contributed by atoms with E-state index >= 15 is 0 Å². The Balaban J connectivity index is 2.22. The normalized spacial score (nSPS) is 10.3. The van der Waals surface area contributed by atoms with Crippen LogP contribution in [0.5, 0.6) is 11.5 Å². The molecular formula is C16H17Cl2NO2. The van der Waals surface area contributed by atoms with Crippen LogP contribution in [-0.4, -0.2) is 13.7 Å². The van der Waals surface area contributed by atoms with Gasteiger partial charge in [-0.25, -0.2) is 0 Å². The molecule has 1 N–H and O–H groups in total. The molecule has 0 aliphatic carbocycles. The van der Waals surface area contributed by atoms with Gasteiger partial charge in [0, 0.05) is 12.1 Å². The van der Waals surface area contributed by atoms with E-state index in [-0.39, 0.29) is 0 Å². The SMILES string of the molecule is CCOc1cccc(CNc2c(Cl)cccc2Cl)c1OC. The fourth-order valence-corrected chi connectivity index (χ4v) is 2.58. The van der Waals surface area contributed by atoms with Crippen molar-refractivity contribution >= 4 is 28.9 Å². The Labute approximate surface area is 134 Å². The highest BCUT2D eigenvalue weighted by Gasteiger charge is 2.11. The van der Waals surface area contributed by atoms with E-state index in [0.29, 0.717) is 28.9 Å². The van der Waals surface area contributed by atoms with Gasteiger partial charge in [-0.1, -0.05) is 41.4 Å². The smallest absolute Gasteiger partial charge is 0.165 e. The van der Waals surface area contributed by atoms with Crippen LogP contribution in [0.3, 0.4) is 0 Å². The second-order valence-corrected chi connectivity index (χ2v) is 5.15. The minimum Gasteiger partial charge on any atom is -0.493 e. The van der Waals surface area contributed by atoms with Crippen molar-refractivity contribution in [2.24, 2.45) is 0 Å². The van der Waals surface area contributed by atoms with Gasteiger partial charge in [0.1, 0.15) is 0 Å². The predicted molar refractivity (Wildman–Crippen MR) is 88.0 cm³/mol. The van der Waals surface area contributed by atoms with Crippen molar-refractivity contribution in [1.29, 1.82) is 0 Å². The largest absolute Gasteiger partial charge is 0.493 e. The summed E-state index contributed by atoms with van der Waals surface area (Å²) in [4.78, 5) is 0. The Hall–Kier alpha value is -1.58. The molecule has 0 radical (unpaired) electrons. The molecular weight excluding hydrogens is 309 g/mol. The summed E-state index contributed by atoms with van der Waals surface area (Å²) in [7, 11) is 1.63. The fraction of sp³-hybridized carbons (Fsp3) is 0.250. The Kier molecular flexibility index (Phi) is 5.59. The number of ether oxygens (including phenoxy) is 2. The van der Waals surface area contributed by atoms with Gasteiger partial charge < -0.3 is 14.8 Å². The van der Waals surface area contributed by atoms with Gasteiger partial charge in [-0.2, -0.15) is 0 Å². The van der Waals surface area contributed by atoms with Crippen molar-refractivity contribution < 1.29 is 9.47 Å². The fourth-order valence-electron chi connectivity index (χ4n) is 2.05. The number of nitrogens with one attached hydrogen (secondary N) is 1. The van der Waals surface area contributed by atoms with E-state index in [9.17, 15) is 0 Å². The summed E-state index contributed by atoms with van der Waals surface area (Å²) >= 11 is 12.3. The molecule has 0 heterocycles. The number of benzene rings is 2. The van der Waals surface area contributed by atoms with Crippen LogP contribution in [0.1, 0.15) is 12.5 Å². The van der Waals surface area contributed by atoms with Crippen LogP contribution >= 0.6 is 23.2 Å². The van der Waals surface area contributed by atoms with Crippen LogP contribution in [0.25, 0.3) is 0 Å². The van der Waals surface area contributed by atoms with Crippen molar-refractivity contribution in [3.8, 4) is 11.5 Å². The van der Waals surface area contributed by atoms with Crippen molar-refractivity contribution in [3.63, 3.8) is 0 Å². The Morgan fingerprint density at radius 3 is 2.33 bits per heavy atom. The summed E-state index contributed by atoms with van der Waals surface area (Å²) in [5.41, 5.74) is 1.68. The summed E-state index contributed by atoms with van der Waals surface area (Å²) in [5.74, 6) is 1.44. The van der Waals surface area contributed by atoms with Crippen molar-refractivity contribution in [2.45, 2.75) is 13.5 Å². The zero-order chi connectivity index (χ0) is 15.2. The van der Waals surface area contributed by atoms with Crippen LogP contribution in [0.4, 0.5) is 5.69 Å². The average Bonchev–Trinajstić information content (AvgIpc) is 2.47. The van der Waals surface area contributed by atoms with Gasteiger partial charge in [-0.05, 0) is 25.1 Å². The second kappa shape index (κ2) is 7.43. The number of rotatable bonds is 6. The Morgan fingerprint density at radius 1 is 1.05 bits per heavy atom. The monoisotopic (exact) mass is 325 g/mol. The molecule has 0 aromatic heterocycles. The highest BCUT2D eigenvalue weighted by molar-refractivity contribution is 6.39. The average molecular weight is 326 g/mol. The molecule has 0 aliphatic rings. The molecule has 0 aliphatic heterocycles. The van der Waals surface area contributed by atoms with Gasteiger partial charge in [0.15, 0.2) is 11.5 Å². The van der Waals surface area contributed by atoms with E-state index in [2.05, 4.69) is 5.32 Å². The maximum Gasteiger partial charge on any atom is 0.165 e. The van der Waals surface area contributed by atoms with E-state index < -0.39 is 0 Å². The molecule has 0 bridgehead atoms. The van der Waals surface area contributed by atoms with Crippen molar-refractivity contribution in [2.75, 3.05) is 19.0 Å². The van der Waals surface area contributed by atoms with E-state index in [1.807, 2.05) is 31.2 Å². The van der Waals surface area contributed by atoms with Crippen LogP contribution in [0.15, 0.2) is 36.4 Å². The number of halogens is 2. The number of para-hydroxylation sites is 2. The molecule has 0 unspecified atom stereocenters. The molecule has 112 valence electrons. The molecule has 3 nitrogen and oxygen atoms in total. The first-order chi connectivity index (χ1) is 10.2. The molecule has 5 heteroatoms. The second-order valence-electron chi connectivity index (χ2n) is 4.33. The maximum absolute atomic E-state index is 6.15. The van der Waals surface area contributed by atoms with Gasteiger partial charge >= 0.3 is 0 Å². The molecule has 2 aromatic carbocycles. The lowest BCUT2D eigenvalue weighted by Crippen LogP contribution is -2.04. The van der Waals surface area contributed by atoms with Crippen LogP contribution in [0, 0.1) is 0 Å². The standard InChI is InChI=1S/C16H17Cl2NO2/c1-3-21-14-9-4-6-11(16(14)20-2)10-19-15-12(17)7-5-8-13(15)18/h4-9,19H,3,10H2,1-2H3. The highest BCUT2D eigenvalue weighted by atomic mass is 35.5. The summed E-state index contributed by atoms with van der Waals surface area (Å²) in [6.07, 6.45) is 0. The van der Waals surface area contributed by atoms with E-state index in [0.717, 1.165) is 17.1 Å². The quantitative estimate of drug-likeness (QED) is 0.809. The molecule has 0 amide bonds. The summed E-state index contributed by atoms with van der Waals surface area (Å²) in [5, 5.41) is 4.41. The van der Waals surface area contributed by atoms with Crippen molar-refractivity contribution in [3.05, 3.63) is 52.0 Å². The Bertz CT molecular complexity index is 597. The molecule has 0 spiro atoms. The molecule has 0 fully saturated rings. The Morgan fingerprint density at radius 2 is 1.71 bits per heavy atom. The van der Waals surface area contributed by atoms with Gasteiger partial charge in [-0.15, -0.1) is 0 Å². The third kappa shape index (κ3) is 3.74. The number of methoxy groups -OCH3 is 1. The minimum absolute atomic E-state index is 0.535. The lowest BCUT2D eigenvalue weighted by Gasteiger charge is -2.15. The molecule has 2 aromatic rings. The summed E-state index contributed by atoms with van der Waals surface area (Å²) < 4.78 is 11.0. The zero-order valence-corrected chi connectivity index (χ0v) is 13.5. The molecule has 0 atom stereocenters. The minimum atomic E-state index is 0.535. The molecule has 0 saturated heterocycles. The maximum atomic E-state index is 6.15. The molecule has 0 saturated carbocycles. The van der Waals surface area contributed by atoms with E-state index in [4.69, 9.17) is 32.7 Å². The lowest BCUT2D eigenvalue weighted by atomic mass is 10.1. The van der Waals surface area contributed by atoms with Crippen LogP contribution < -0.4 is 14.8 Å². The first-order valence-corrected chi connectivity index (χ1v) is 7.39. The molecule has 2 rings (SSSR count). The van der Waals surface area contributed by atoms with E-state index in [1.54, 1.807) is 19.2 Å². The predicted octanol–water partition coefficient (Wildman–Crippen LogP) is 5.01. The molecule has 21 heavy (non-hydrogen) atoms. The van der Waals surface area contributed by atoms with E-state index in [1.165, 1.54) is 0 Å². The number of hydrogen-bond donors (Lipinski definition) is 1. The van der Waals surface area contributed by atoms with Crippen LogP contribution in [-0.2, 0) is 6.54 Å². The number of anilines is 1. The number of hydrogen-bond acceptors (Lipinski definition) is 3. The highest BCUT2D eigenvalue weighted by Crippen LogP contribution is 2.34. The first kappa shape index (κ1) is 15.8. The third-order valence-electron chi connectivity index (χ3n) is 2.98. The van der Waals surface area contributed by atoms with Gasteiger partial charge in [0.05, 0.1) is 29.4 Å². The van der Waals surface area contributed by atoms with Gasteiger partial charge in [0.25, 0.3) is 0 Å². The zero-order valence-electron chi connectivity index (χ0n) is 12.0. The lowest BCUT2D eigenvalue weighted by molar-refractivity contribution is 0.309. The summed E-state index contributed by atoms with van der Waals surface area (Å²) in [6.45, 7) is 3.06. The first-order valence-electron chi connectivity index (χ1n) is 6.64. The van der Waals surface area contributed by atoms with Gasteiger partial charge in [-0.3, -0.25) is 0 Å². The van der Waals surface area contributed by atoms with Crippen LogP contribution in [0.2, 0.25) is 10.0 Å². The summed E-state index contributed by atoms with van der Waals surface area (Å²) in [6, 6.07) is 11.2. The van der Waals surface area contributed by atoms with Crippen molar-refractivity contribution in [1.82, 2.24) is 0 Å².